The van der Waals surface area contributed by atoms with Gasteiger partial charge >= 0.3 is 0 Å². The maximum absolute atomic E-state index is 3.90. The van der Waals surface area contributed by atoms with E-state index in [4.69, 9.17) is 0 Å². The molecule has 3 heteroatoms. The van der Waals surface area contributed by atoms with Crippen LogP contribution < -0.4 is 0 Å². The molecule has 0 radical (unpaired) electrons. The first-order chi connectivity index (χ1) is 8.08. The maximum Gasteiger partial charge on any atom is 0.0435 e. The third kappa shape index (κ3) is 3.57. The molecule has 0 amide bonds. The molecule has 0 spiro atoms. The van der Waals surface area contributed by atoms with Crippen molar-refractivity contribution in [3.8, 4) is 0 Å². The molecule has 94 valence electrons. The van der Waals surface area contributed by atoms with Crippen LogP contribution >= 0.6 is 47.8 Å². The van der Waals surface area contributed by atoms with E-state index in [0.29, 0.717) is 4.83 Å². The van der Waals surface area contributed by atoms with Crippen LogP contribution in [0.25, 0.3) is 0 Å². The van der Waals surface area contributed by atoms with Gasteiger partial charge in [-0.05, 0) is 48.4 Å². The van der Waals surface area contributed by atoms with E-state index in [1.54, 1.807) is 0 Å². The van der Waals surface area contributed by atoms with Crippen LogP contribution in [0, 0.1) is 11.8 Å². The first-order valence-corrected chi connectivity index (χ1v) is 8.67. The Bertz CT molecular complexity index is 381. The molecule has 1 unspecified atom stereocenters. The lowest BCUT2D eigenvalue weighted by molar-refractivity contribution is 0.287. The zero-order chi connectivity index (χ0) is 12.4. The fraction of sp³-hybridized carbons (Fsp3) is 0.571. The smallest absolute Gasteiger partial charge is 0.0435 e. The summed E-state index contributed by atoms with van der Waals surface area (Å²) in [4.78, 5) is 0.474. The summed E-state index contributed by atoms with van der Waals surface area (Å²) in [7, 11) is 0. The average molecular weight is 425 g/mol. The van der Waals surface area contributed by atoms with Crippen molar-refractivity contribution < 1.29 is 0 Å². The van der Waals surface area contributed by atoms with E-state index in [9.17, 15) is 0 Å². The number of rotatable bonds is 2. The Morgan fingerprint density at radius 1 is 1.12 bits per heavy atom. The lowest BCUT2D eigenvalue weighted by Crippen LogP contribution is -2.16. The van der Waals surface area contributed by atoms with Gasteiger partial charge in [0.25, 0.3) is 0 Å². The van der Waals surface area contributed by atoms with Crippen LogP contribution in [0.2, 0.25) is 0 Å². The van der Waals surface area contributed by atoms with Gasteiger partial charge in [-0.15, -0.1) is 0 Å². The molecule has 0 bridgehead atoms. The topological polar surface area (TPSA) is 0 Å². The molecule has 1 aliphatic carbocycles. The first kappa shape index (κ1) is 14.1. The Morgan fingerprint density at radius 2 is 1.76 bits per heavy atom. The molecule has 0 saturated heterocycles. The van der Waals surface area contributed by atoms with Gasteiger partial charge in [-0.25, -0.2) is 0 Å². The minimum absolute atomic E-state index is 0.474. The van der Waals surface area contributed by atoms with Crippen LogP contribution in [-0.2, 0) is 0 Å². The lowest BCUT2D eigenvalue weighted by atomic mass is 9.80. The Balaban J connectivity index is 2.13. The predicted octanol–water partition coefficient (Wildman–Crippen LogP) is 6.47. The average Bonchev–Trinajstić information content (AvgIpc) is 2.32. The van der Waals surface area contributed by atoms with E-state index in [1.165, 1.54) is 35.7 Å². The summed E-state index contributed by atoms with van der Waals surface area (Å²) >= 11 is 11.1. The minimum atomic E-state index is 0.474. The molecule has 0 aliphatic heterocycles. The predicted molar refractivity (Wildman–Crippen MR) is 84.6 cm³/mol. The lowest BCUT2D eigenvalue weighted by Gasteiger charge is -2.30. The van der Waals surface area contributed by atoms with Crippen molar-refractivity contribution in [1.29, 1.82) is 0 Å². The Kier molecular flexibility index (Phi) is 5.14. The highest BCUT2D eigenvalue weighted by Gasteiger charge is 2.26. The SMILES string of the molecule is CC1CCC(C(Br)c2cc(Br)ccc2Br)CC1. The van der Waals surface area contributed by atoms with Gasteiger partial charge in [-0.2, -0.15) is 0 Å². The second kappa shape index (κ2) is 6.21. The quantitative estimate of drug-likeness (QED) is 0.477. The molecule has 0 N–H and O–H groups in total. The highest BCUT2D eigenvalue weighted by molar-refractivity contribution is 9.11. The highest BCUT2D eigenvalue weighted by Crippen LogP contribution is 2.44. The third-order valence-corrected chi connectivity index (χ3v) is 6.19. The summed E-state index contributed by atoms with van der Waals surface area (Å²) in [6.45, 7) is 2.37. The molecule has 17 heavy (non-hydrogen) atoms. The standard InChI is InChI=1S/C14H17Br3/c1-9-2-4-10(5-3-9)14(17)12-8-11(15)6-7-13(12)16/h6-10,14H,2-5H2,1H3. The third-order valence-electron chi connectivity index (χ3n) is 3.73. The molecular formula is C14H17Br3. The summed E-state index contributed by atoms with van der Waals surface area (Å²) in [6, 6.07) is 6.43. The van der Waals surface area contributed by atoms with E-state index < -0.39 is 0 Å². The summed E-state index contributed by atoms with van der Waals surface area (Å²) in [5.74, 6) is 1.69. The fourth-order valence-corrected chi connectivity index (χ4v) is 4.65. The van der Waals surface area contributed by atoms with Crippen molar-refractivity contribution in [3.05, 3.63) is 32.7 Å². The van der Waals surface area contributed by atoms with E-state index >= 15 is 0 Å². The van der Waals surface area contributed by atoms with Crippen molar-refractivity contribution in [2.24, 2.45) is 11.8 Å². The normalized spacial score (nSPS) is 26.8. The number of halogens is 3. The molecule has 1 aromatic carbocycles. The molecular weight excluding hydrogens is 408 g/mol. The van der Waals surface area contributed by atoms with Gasteiger partial charge in [0.2, 0.25) is 0 Å². The Labute approximate surface area is 129 Å². The van der Waals surface area contributed by atoms with Crippen molar-refractivity contribution in [2.45, 2.75) is 37.4 Å². The van der Waals surface area contributed by atoms with Gasteiger partial charge in [0.1, 0.15) is 0 Å². The Morgan fingerprint density at radius 3 is 2.41 bits per heavy atom. The molecule has 0 nitrogen and oxygen atoms in total. The molecule has 1 aromatic rings. The van der Waals surface area contributed by atoms with Crippen LogP contribution in [0.15, 0.2) is 27.1 Å². The van der Waals surface area contributed by atoms with Crippen molar-refractivity contribution in [2.75, 3.05) is 0 Å². The summed E-state index contributed by atoms with van der Waals surface area (Å²) < 4.78 is 2.37. The van der Waals surface area contributed by atoms with Crippen molar-refractivity contribution in [1.82, 2.24) is 0 Å². The fourth-order valence-electron chi connectivity index (χ4n) is 2.56. The molecule has 1 atom stereocenters. The summed E-state index contributed by atoms with van der Waals surface area (Å²) in [6.07, 6.45) is 5.43. The van der Waals surface area contributed by atoms with E-state index in [1.807, 2.05) is 0 Å². The molecule has 1 saturated carbocycles. The van der Waals surface area contributed by atoms with E-state index in [0.717, 1.165) is 16.3 Å². The number of benzene rings is 1. The summed E-state index contributed by atoms with van der Waals surface area (Å²) in [5.41, 5.74) is 1.37. The summed E-state index contributed by atoms with van der Waals surface area (Å²) in [5, 5.41) is 0. The van der Waals surface area contributed by atoms with Crippen LogP contribution in [0.3, 0.4) is 0 Å². The minimum Gasteiger partial charge on any atom is -0.0835 e. The van der Waals surface area contributed by atoms with Crippen LogP contribution in [0.5, 0.6) is 0 Å². The van der Waals surface area contributed by atoms with Gasteiger partial charge in [0.05, 0.1) is 0 Å². The highest BCUT2D eigenvalue weighted by atomic mass is 79.9. The van der Waals surface area contributed by atoms with Gasteiger partial charge < -0.3 is 0 Å². The van der Waals surface area contributed by atoms with Gasteiger partial charge in [0, 0.05) is 13.8 Å². The molecule has 0 heterocycles. The molecule has 2 rings (SSSR count). The van der Waals surface area contributed by atoms with Crippen molar-refractivity contribution >= 4 is 47.8 Å². The second-order valence-electron chi connectivity index (χ2n) is 5.09. The van der Waals surface area contributed by atoms with E-state index in [2.05, 4.69) is 72.9 Å². The van der Waals surface area contributed by atoms with Crippen LogP contribution in [0.1, 0.15) is 43.0 Å². The second-order valence-corrected chi connectivity index (χ2v) is 7.84. The molecule has 0 aromatic heterocycles. The maximum atomic E-state index is 3.90. The number of hydrogen-bond acceptors (Lipinski definition) is 0. The van der Waals surface area contributed by atoms with Crippen molar-refractivity contribution in [3.63, 3.8) is 0 Å². The van der Waals surface area contributed by atoms with Gasteiger partial charge in [-0.1, -0.05) is 67.6 Å². The zero-order valence-electron chi connectivity index (χ0n) is 9.93. The van der Waals surface area contributed by atoms with Crippen LogP contribution in [0.4, 0.5) is 0 Å². The number of hydrogen-bond donors (Lipinski definition) is 0. The van der Waals surface area contributed by atoms with Gasteiger partial charge in [-0.3, -0.25) is 0 Å². The number of alkyl halides is 1. The van der Waals surface area contributed by atoms with Gasteiger partial charge in [0.15, 0.2) is 0 Å². The van der Waals surface area contributed by atoms with E-state index in [-0.39, 0.29) is 0 Å². The van der Waals surface area contributed by atoms with Crippen LogP contribution in [-0.4, -0.2) is 0 Å². The monoisotopic (exact) mass is 422 g/mol. The molecule has 1 aliphatic rings. The largest absolute Gasteiger partial charge is 0.0835 e. The first-order valence-electron chi connectivity index (χ1n) is 6.17. The Hall–Kier alpha value is 0.660. The zero-order valence-corrected chi connectivity index (χ0v) is 14.7. The molecule has 1 fully saturated rings.